The summed E-state index contributed by atoms with van der Waals surface area (Å²) in [5.41, 5.74) is 4.02. The summed E-state index contributed by atoms with van der Waals surface area (Å²) < 4.78 is 0. The van der Waals surface area contributed by atoms with Crippen LogP contribution in [0.1, 0.15) is 23.5 Å². The third-order valence-electron chi connectivity index (χ3n) is 1.93. The van der Waals surface area contributed by atoms with Crippen molar-refractivity contribution in [3.63, 3.8) is 0 Å². The summed E-state index contributed by atoms with van der Waals surface area (Å²) in [6.07, 6.45) is 0. The molecule has 70 valence electrons. The van der Waals surface area contributed by atoms with Crippen LogP contribution < -0.4 is 5.73 Å². The second-order valence-electron chi connectivity index (χ2n) is 3.30. The van der Waals surface area contributed by atoms with Crippen LogP contribution in [-0.4, -0.2) is 11.7 Å². The third-order valence-corrected chi connectivity index (χ3v) is 2.80. The maximum Gasteiger partial charge on any atom is 0.230 e. The number of hydrogen-bond acceptors (Lipinski definition) is 3. The van der Waals surface area contributed by atoms with Gasteiger partial charge in [-0.1, -0.05) is 6.07 Å². The van der Waals surface area contributed by atoms with Crippen LogP contribution in [0.5, 0.6) is 0 Å². The molecule has 0 bridgehead atoms. The Morgan fingerprint density at radius 1 is 1.46 bits per heavy atom. The Morgan fingerprint density at radius 2 is 2.08 bits per heavy atom. The van der Waals surface area contributed by atoms with Gasteiger partial charge in [-0.25, -0.2) is 0 Å². The Hall–Kier alpha value is -1.16. The Labute approximate surface area is 80.6 Å². The number of Topliss-reactive ketones (excluding diaryl/α,β-unsaturated/α-hetero) is 1. The van der Waals surface area contributed by atoms with Crippen LogP contribution in [0.25, 0.3) is 0 Å². The standard InChI is InChI=1S/C9H11NO2S/c1-9(2,8(10)12)7(11)6-4-3-5-13-6/h3-5H,1-2H3,(H2,10,12). The molecule has 0 aliphatic rings. The lowest BCUT2D eigenvalue weighted by Gasteiger charge is -2.17. The van der Waals surface area contributed by atoms with Gasteiger partial charge in [-0.05, 0) is 25.3 Å². The summed E-state index contributed by atoms with van der Waals surface area (Å²) in [5, 5.41) is 1.80. The van der Waals surface area contributed by atoms with Gasteiger partial charge in [0, 0.05) is 0 Å². The van der Waals surface area contributed by atoms with E-state index in [-0.39, 0.29) is 5.78 Å². The minimum absolute atomic E-state index is 0.213. The number of carbonyl (C=O) groups excluding carboxylic acids is 2. The van der Waals surface area contributed by atoms with Gasteiger partial charge in [-0.15, -0.1) is 11.3 Å². The summed E-state index contributed by atoms with van der Waals surface area (Å²) in [5.74, 6) is -0.805. The van der Waals surface area contributed by atoms with Crippen molar-refractivity contribution in [2.45, 2.75) is 13.8 Å². The fourth-order valence-corrected chi connectivity index (χ4v) is 1.65. The normalized spacial score (nSPS) is 11.2. The number of amides is 1. The molecule has 13 heavy (non-hydrogen) atoms. The molecule has 0 atom stereocenters. The van der Waals surface area contributed by atoms with Crippen molar-refractivity contribution < 1.29 is 9.59 Å². The topological polar surface area (TPSA) is 60.2 Å². The maximum atomic E-state index is 11.7. The largest absolute Gasteiger partial charge is 0.369 e. The highest BCUT2D eigenvalue weighted by Crippen LogP contribution is 2.23. The van der Waals surface area contributed by atoms with Gasteiger partial charge in [0.15, 0.2) is 5.78 Å². The zero-order valence-electron chi connectivity index (χ0n) is 7.53. The SMILES string of the molecule is CC(C)(C(N)=O)C(=O)c1cccs1. The first kappa shape index (κ1) is 9.92. The number of ketones is 1. The van der Waals surface area contributed by atoms with Crippen molar-refractivity contribution in [2.24, 2.45) is 11.1 Å². The molecule has 0 spiro atoms. The molecule has 1 heterocycles. The predicted molar refractivity (Wildman–Crippen MR) is 51.6 cm³/mol. The Bertz CT molecular complexity index is 327. The van der Waals surface area contributed by atoms with Crippen molar-refractivity contribution >= 4 is 23.0 Å². The number of thiophene rings is 1. The zero-order valence-corrected chi connectivity index (χ0v) is 8.35. The highest BCUT2D eigenvalue weighted by Gasteiger charge is 2.34. The molecule has 1 amide bonds. The second kappa shape index (κ2) is 3.30. The van der Waals surface area contributed by atoms with Gasteiger partial charge in [0.25, 0.3) is 0 Å². The van der Waals surface area contributed by atoms with E-state index in [2.05, 4.69) is 0 Å². The lowest BCUT2D eigenvalue weighted by atomic mass is 9.86. The lowest BCUT2D eigenvalue weighted by Crippen LogP contribution is -2.38. The molecule has 0 fully saturated rings. The first-order chi connectivity index (χ1) is 5.96. The van der Waals surface area contributed by atoms with E-state index in [4.69, 9.17) is 5.73 Å². The highest BCUT2D eigenvalue weighted by molar-refractivity contribution is 7.12. The maximum absolute atomic E-state index is 11.7. The smallest absolute Gasteiger partial charge is 0.230 e. The van der Waals surface area contributed by atoms with Gasteiger partial charge in [-0.2, -0.15) is 0 Å². The van der Waals surface area contributed by atoms with E-state index >= 15 is 0 Å². The Morgan fingerprint density at radius 3 is 2.46 bits per heavy atom. The molecule has 1 aromatic rings. The molecule has 1 aromatic heterocycles. The van der Waals surface area contributed by atoms with Gasteiger partial charge in [0.1, 0.15) is 5.41 Å². The molecular formula is C9H11NO2S. The van der Waals surface area contributed by atoms with Gasteiger partial charge < -0.3 is 5.73 Å². The quantitative estimate of drug-likeness (QED) is 0.588. The lowest BCUT2D eigenvalue weighted by molar-refractivity contribution is -0.123. The van der Waals surface area contributed by atoms with Gasteiger partial charge in [-0.3, -0.25) is 9.59 Å². The summed E-state index contributed by atoms with van der Waals surface area (Å²) in [6, 6.07) is 3.46. The number of carbonyl (C=O) groups is 2. The first-order valence-electron chi connectivity index (χ1n) is 3.84. The van der Waals surface area contributed by atoms with Crippen molar-refractivity contribution in [1.82, 2.24) is 0 Å². The van der Waals surface area contributed by atoms with E-state index < -0.39 is 11.3 Å². The van der Waals surface area contributed by atoms with Crippen LogP contribution in [0.15, 0.2) is 17.5 Å². The van der Waals surface area contributed by atoms with Crippen LogP contribution in [-0.2, 0) is 4.79 Å². The van der Waals surface area contributed by atoms with Gasteiger partial charge >= 0.3 is 0 Å². The predicted octanol–water partition coefficient (Wildman–Crippen LogP) is 1.44. The van der Waals surface area contributed by atoms with Crippen LogP contribution in [0.4, 0.5) is 0 Å². The molecular weight excluding hydrogens is 186 g/mol. The van der Waals surface area contributed by atoms with Crippen molar-refractivity contribution in [1.29, 1.82) is 0 Å². The zero-order chi connectivity index (χ0) is 10.1. The third kappa shape index (κ3) is 1.78. The fourth-order valence-electron chi connectivity index (χ4n) is 0.828. The van der Waals surface area contributed by atoms with E-state index in [0.717, 1.165) is 0 Å². The van der Waals surface area contributed by atoms with Crippen LogP contribution in [0, 0.1) is 5.41 Å². The number of hydrogen-bond donors (Lipinski definition) is 1. The Balaban J connectivity index is 2.98. The minimum Gasteiger partial charge on any atom is -0.369 e. The summed E-state index contributed by atoms with van der Waals surface area (Å²) >= 11 is 1.32. The molecule has 2 N–H and O–H groups in total. The van der Waals surface area contributed by atoms with Crippen molar-refractivity contribution in [3.8, 4) is 0 Å². The summed E-state index contributed by atoms with van der Waals surface area (Å²) in [4.78, 5) is 23.2. The number of rotatable bonds is 3. The highest BCUT2D eigenvalue weighted by atomic mass is 32.1. The Kier molecular flexibility index (Phi) is 2.52. The van der Waals surface area contributed by atoms with Crippen molar-refractivity contribution in [2.75, 3.05) is 0 Å². The van der Waals surface area contributed by atoms with Crippen molar-refractivity contribution in [3.05, 3.63) is 22.4 Å². The molecule has 0 aromatic carbocycles. The molecule has 1 rings (SSSR count). The monoisotopic (exact) mass is 197 g/mol. The number of primary amides is 1. The van der Waals surface area contributed by atoms with E-state index in [1.807, 2.05) is 0 Å². The van der Waals surface area contributed by atoms with Crippen LogP contribution in [0.2, 0.25) is 0 Å². The molecule has 4 heteroatoms. The molecule has 0 saturated heterocycles. The molecule has 0 saturated carbocycles. The van der Waals surface area contributed by atoms with Gasteiger partial charge in [0.2, 0.25) is 5.91 Å². The molecule has 0 aliphatic heterocycles. The van der Waals surface area contributed by atoms with E-state index in [9.17, 15) is 9.59 Å². The molecule has 0 unspecified atom stereocenters. The summed E-state index contributed by atoms with van der Waals surface area (Å²) in [6.45, 7) is 3.08. The minimum atomic E-state index is -1.11. The summed E-state index contributed by atoms with van der Waals surface area (Å²) in [7, 11) is 0. The average Bonchev–Trinajstić information content (AvgIpc) is 2.54. The van der Waals surface area contributed by atoms with E-state index in [0.29, 0.717) is 4.88 Å². The average molecular weight is 197 g/mol. The molecule has 3 nitrogen and oxygen atoms in total. The van der Waals surface area contributed by atoms with Gasteiger partial charge in [0.05, 0.1) is 4.88 Å². The first-order valence-corrected chi connectivity index (χ1v) is 4.72. The molecule has 0 radical (unpaired) electrons. The van der Waals surface area contributed by atoms with E-state index in [1.54, 1.807) is 17.5 Å². The number of nitrogens with two attached hydrogens (primary N) is 1. The molecule has 0 aliphatic carbocycles. The van der Waals surface area contributed by atoms with Crippen LogP contribution >= 0.6 is 11.3 Å². The van der Waals surface area contributed by atoms with Crippen LogP contribution in [0.3, 0.4) is 0 Å². The second-order valence-corrected chi connectivity index (χ2v) is 4.24. The van der Waals surface area contributed by atoms with E-state index in [1.165, 1.54) is 25.2 Å². The fraction of sp³-hybridized carbons (Fsp3) is 0.333.